The Bertz CT molecular complexity index is 1140. The Morgan fingerprint density at radius 1 is 1.32 bits per heavy atom. The van der Waals surface area contributed by atoms with Crippen molar-refractivity contribution in [2.45, 2.75) is 19.8 Å². The van der Waals surface area contributed by atoms with Gasteiger partial charge in [-0.1, -0.05) is 23.7 Å². The molecule has 8 heteroatoms. The normalized spacial score (nSPS) is 12.5. The van der Waals surface area contributed by atoms with Crippen LogP contribution < -0.4 is 10.5 Å². The average molecular weight is 464 g/mol. The number of rotatable bonds is 7. The standard InChI is InChI=1S/C23H23ClFN3O2.ClH/c1-2-28(10-4-5-14-12-27-21-16(14)6-3-7-19(21)24)15-11-18-17(23(26)29)8-9-20(25)22(18)30-13-15;/h3,6-9,11-12,27H,2,4-5,10,13H2,1H3,(H2,26,29);1H. The minimum atomic E-state index is -0.603. The SMILES string of the molecule is CCN(CCCc1c[nH]c2c(Cl)cccc12)C1=Cc2c(C(N)=O)ccc(F)c2OC1.Cl. The number of nitrogens with one attached hydrogen (secondary N) is 1. The lowest BCUT2D eigenvalue weighted by Crippen LogP contribution is -2.29. The number of amides is 1. The highest BCUT2D eigenvalue weighted by atomic mass is 35.5. The van der Waals surface area contributed by atoms with Gasteiger partial charge >= 0.3 is 0 Å². The first kappa shape index (κ1) is 23.0. The number of nitrogens with two attached hydrogens (primary N) is 1. The van der Waals surface area contributed by atoms with Gasteiger partial charge in [-0.15, -0.1) is 12.4 Å². The van der Waals surface area contributed by atoms with Gasteiger partial charge in [0.05, 0.1) is 21.8 Å². The lowest BCUT2D eigenvalue weighted by Gasteiger charge is -2.29. The first-order valence-electron chi connectivity index (χ1n) is 9.94. The van der Waals surface area contributed by atoms with Crippen LogP contribution in [0.2, 0.25) is 5.02 Å². The summed E-state index contributed by atoms with van der Waals surface area (Å²) in [6.45, 7) is 3.88. The first-order chi connectivity index (χ1) is 14.5. The van der Waals surface area contributed by atoms with Crippen LogP contribution >= 0.6 is 24.0 Å². The van der Waals surface area contributed by atoms with Gasteiger partial charge in [0.2, 0.25) is 5.91 Å². The van der Waals surface area contributed by atoms with Crippen LogP contribution in [0.25, 0.3) is 17.0 Å². The number of ether oxygens (including phenoxy) is 1. The second kappa shape index (κ2) is 9.62. The quantitative estimate of drug-likeness (QED) is 0.507. The minimum absolute atomic E-state index is 0. The molecule has 1 aliphatic rings. The van der Waals surface area contributed by atoms with E-state index >= 15 is 0 Å². The van der Waals surface area contributed by atoms with E-state index in [1.807, 2.05) is 24.4 Å². The topological polar surface area (TPSA) is 71.3 Å². The van der Waals surface area contributed by atoms with Gasteiger partial charge in [-0.3, -0.25) is 4.79 Å². The summed E-state index contributed by atoms with van der Waals surface area (Å²) in [5, 5.41) is 1.86. The number of hydrogen-bond donors (Lipinski definition) is 2. The molecule has 0 atom stereocenters. The molecule has 0 unspecified atom stereocenters. The molecule has 1 aliphatic heterocycles. The van der Waals surface area contributed by atoms with E-state index in [4.69, 9.17) is 22.1 Å². The fourth-order valence-electron chi connectivity index (χ4n) is 3.96. The summed E-state index contributed by atoms with van der Waals surface area (Å²) in [6, 6.07) is 8.51. The molecule has 0 saturated heterocycles. The van der Waals surface area contributed by atoms with Crippen LogP contribution in [0, 0.1) is 5.82 Å². The molecule has 0 bridgehead atoms. The van der Waals surface area contributed by atoms with Gasteiger partial charge in [0.25, 0.3) is 0 Å². The largest absolute Gasteiger partial charge is 0.484 e. The number of benzene rings is 2. The Balaban J connectivity index is 0.00000272. The number of H-pyrrole nitrogens is 1. The highest BCUT2D eigenvalue weighted by Gasteiger charge is 2.23. The van der Waals surface area contributed by atoms with Gasteiger partial charge in [0.1, 0.15) is 6.61 Å². The highest BCUT2D eigenvalue weighted by molar-refractivity contribution is 6.35. The van der Waals surface area contributed by atoms with Crippen LogP contribution in [0.1, 0.15) is 34.8 Å². The minimum Gasteiger partial charge on any atom is -0.484 e. The molecule has 0 spiro atoms. The maximum Gasteiger partial charge on any atom is 0.249 e. The van der Waals surface area contributed by atoms with Gasteiger partial charge < -0.3 is 20.4 Å². The van der Waals surface area contributed by atoms with Crippen LogP contribution in [-0.2, 0) is 6.42 Å². The van der Waals surface area contributed by atoms with Crippen molar-refractivity contribution in [3.05, 3.63) is 69.8 Å². The maximum absolute atomic E-state index is 14.1. The molecule has 3 aromatic rings. The van der Waals surface area contributed by atoms with E-state index in [2.05, 4.69) is 22.9 Å². The molecule has 3 N–H and O–H groups in total. The zero-order chi connectivity index (χ0) is 21.3. The highest BCUT2D eigenvalue weighted by Crippen LogP contribution is 2.33. The van der Waals surface area contributed by atoms with Crippen LogP contribution in [-0.4, -0.2) is 35.5 Å². The Labute approximate surface area is 191 Å². The number of hydrogen-bond acceptors (Lipinski definition) is 3. The van der Waals surface area contributed by atoms with Gasteiger partial charge in [-0.05, 0) is 49.6 Å². The fourth-order valence-corrected chi connectivity index (χ4v) is 4.19. The second-order valence-electron chi connectivity index (χ2n) is 7.29. The van der Waals surface area contributed by atoms with Crippen molar-refractivity contribution in [3.63, 3.8) is 0 Å². The molecule has 0 fully saturated rings. The van der Waals surface area contributed by atoms with Crippen LogP contribution in [0.4, 0.5) is 4.39 Å². The third kappa shape index (κ3) is 4.50. The Morgan fingerprint density at radius 3 is 2.87 bits per heavy atom. The summed E-state index contributed by atoms with van der Waals surface area (Å²) in [5.74, 6) is -1.01. The number of para-hydroxylation sites is 1. The molecular formula is C23H24Cl2FN3O2. The number of likely N-dealkylation sites (N-methyl/N-ethyl adjacent to an activating group) is 1. The van der Waals surface area contributed by atoms with Gasteiger partial charge in [0, 0.05) is 30.2 Å². The molecule has 0 aliphatic carbocycles. The molecular weight excluding hydrogens is 440 g/mol. The summed E-state index contributed by atoms with van der Waals surface area (Å²) < 4.78 is 19.8. The number of aromatic amines is 1. The average Bonchev–Trinajstić information content (AvgIpc) is 3.15. The zero-order valence-corrected chi connectivity index (χ0v) is 18.7. The number of nitrogens with zero attached hydrogens (tertiary/aromatic N) is 1. The van der Waals surface area contributed by atoms with E-state index in [9.17, 15) is 9.18 Å². The number of carbonyl (C=O) groups excluding carboxylic acids is 1. The second-order valence-corrected chi connectivity index (χ2v) is 7.69. The van der Waals surface area contributed by atoms with E-state index in [0.717, 1.165) is 47.6 Å². The Hall–Kier alpha value is -2.70. The summed E-state index contributed by atoms with van der Waals surface area (Å²) >= 11 is 6.25. The molecule has 2 aromatic carbocycles. The van der Waals surface area contributed by atoms with Crippen molar-refractivity contribution in [2.24, 2.45) is 5.73 Å². The number of primary amides is 1. The van der Waals surface area contributed by atoms with Gasteiger partial charge in [-0.2, -0.15) is 0 Å². The van der Waals surface area contributed by atoms with Crippen molar-refractivity contribution in [2.75, 3.05) is 19.7 Å². The number of fused-ring (bicyclic) bond motifs is 2. The van der Waals surface area contributed by atoms with Gasteiger partial charge in [0.15, 0.2) is 11.6 Å². The monoisotopic (exact) mass is 463 g/mol. The predicted molar refractivity (Wildman–Crippen MR) is 125 cm³/mol. The van der Waals surface area contributed by atoms with E-state index in [-0.39, 0.29) is 30.3 Å². The maximum atomic E-state index is 14.1. The molecule has 2 heterocycles. The van der Waals surface area contributed by atoms with Crippen LogP contribution in [0.15, 0.2) is 42.2 Å². The smallest absolute Gasteiger partial charge is 0.249 e. The van der Waals surface area contributed by atoms with Crippen molar-refractivity contribution in [1.82, 2.24) is 9.88 Å². The number of carbonyl (C=O) groups is 1. The van der Waals surface area contributed by atoms with Crippen LogP contribution in [0.3, 0.4) is 0 Å². The Kier molecular flexibility index (Phi) is 7.13. The number of halogens is 3. The lowest BCUT2D eigenvalue weighted by molar-refractivity contribution is 0.0999. The summed E-state index contributed by atoms with van der Waals surface area (Å²) in [6.07, 6.45) is 5.64. The third-order valence-electron chi connectivity index (χ3n) is 5.50. The first-order valence-corrected chi connectivity index (χ1v) is 10.3. The summed E-state index contributed by atoms with van der Waals surface area (Å²) in [7, 11) is 0. The fraction of sp³-hybridized carbons (Fsp3) is 0.261. The summed E-state index contributed by atoms with van der Waals surface area (Å²) in [5.41, 5.74) is 9.22. The van der Waals surface area contributed by atoms with E-state index in [0.29, 0.717) is 5.56 Å². The molecule has 0 radical (unpaired) electrons. The van der Waals surface area contributed by atoms with Crippen molar-refractivity contribution in [3.8, 4) is 5.75 Å². The van der Waals surface area contributed by atoms with E-state index in [1.165, 1.54) is 17.7 Å². The zero-order valence-electron chi connectivity index (χ0n) is 17.1. The van der Waals surface area contributed by atoms with Gasteiger partial charge in [-0.25, -0.2) is 4.39 Å². The van der Waals surface area contributed by atoms with Crippen LogP contribution in [0.5, 0.6) is 5.75 Å². The molecule has 164 valence electrons. The van der Waals surface area contributed by atoms with E-state index in [1.54, 1.807) is 0 Å². The molecule has 1 aromatic heterocycles. The predicted octanol–water partition coefficient (Wildman–Crippen LogP) is 5.17. The number of aromatic nitrogens is 1. The molecule has 5 nitrogen and oxygen atoms in total. The molecule has 31 heavy (non-hydrogen) atoms. The molecule has 0 saturated carbocycles. The third-order valence-corrected chi connectivity index (χ3v) is 5.82. The lowest BCUT2D eigenvalue weighted by atomic mass is 10.0. The molecule has 4 rings (SSSR count). The van der Waals surface area contributed by atoms with Crippen molar-refractivity contribution >= 4 is 46.9 Å². The molecule has 1 amide bonds. The summed E-state index contributed by atoms with van der Waals surface area (Å²) in [4.78, 5) is 17.2. The number of aryl methyl sites for hydroxylation is 1. The van der Waals surface area contributed by atoms with Crippen molar-refractivity contribution in [1.29, 1.82) is 0 Å². The van der Waals surface area contributed by atoms with E-state index < -0.39 is 11.7 Å². The Morgan fingerprint density at radius 2 is 2.13 bits per heavy atom. The van der Waals surface area contributed by atoms with Crippen molar-refractivity contribution < 1.29 is 13.9 Å².